The van der Waals surface area contributed by atoms with Crippen LogP contribution in [-0.2, 0) is 19.5 Å². The molecule has 0 amide bonds. The van der Waals surface area contributed by atoms with Crippen LogP contribution in [0.1, 0.15) is 11.5 Å². The minimum atomic E-state index is -0.0445. The third kappa shape index (κ3) is 2.68. The van der Waals surface area contributed by atoms with Gasteiger partial charge in [0.05, 0.1) is 17.4 Å². The number of fused-ring (bicyclic) bond motifs is 1. The Bertz CT molecular complexity index is 811. The van der Waals surface area contributed by atoms with E-state index in [1.807, 2.05) is 36.4 Å². The number of hydrogen-bond acceptors (Lipinski definition) is 4. The van der Waals surface area contributed by atoms with Crippen molar-refractivity contribution < 1.29 is 0 Å². The van der Waals surface area contributed by atoms with Crippen LogP contribution in [-0.4, -0.2) is 14.5 Å². The van der Waals surface area contributed by atoms with E-state index in [-0.39, 0.29) is 12.1 Å². The summed E-state index contributed by atoms with van der Waals surface area (Å²) in [5.41, 5.74) is 7.33. The van der Waals surface area contributed by atoms with Crippen molar-refractivity contribution in [3.63, 3.8) is 0 Å². The Hall–Kier alpha value is -2.53. The van der Waals surface area contributed by atoms with Crippen LogP contribution >= 0.6 is 0 Å². The SMILES string of the molecule is NCc1nc2ccccc2c(=O)n1CCc1ccccn1. The molecule has 2 aromatic heterocycles. The highest BCUT2D eigenvalue weighted by Gasteiger charge is 2.09. The lowest BCUT2D eigenvalue weighted by atomic mass is 10.2. The molecule has 2 N–H and O–H groups in total. The van der Waals surface area contributed by atoms with E-state index >= 15 is 0 Å². The molecule has 3 aromatic rings. The van der Waals surface area contributed by atoms with Crippen molar-refractivity contribution in [2.75, 3.05) is 0 Å². The summed E-state index contributed by atoms with van der Waals surface area (Å²) in [6, 6.07) is 13.1. The third-order valence-corrected chi connectivity index (χ3v) is 3.44. The van der Waals surface area contributed by atoms with E-state index in [4.69, 9.17) is 5.73 Å². The second kappa shape index (κ2) is 5.85. The van der Waals surface area contributed by atoms with Crippen molar-refractivity contribution in [3.8, 4) is 0 Å². The van der Waals surface area contributed by atoms with Crippen molar-refractivity contribution >= 4 is 10.9 Å². The summed E-state index contributed by atoms with van der Waals surface area (Å²) in [5, 5.41) is 0.621. The second-order valence-corrected chi connectivity index (χ2v) is 4.78. The molecule has 0 radical (unpaired) electrons. The highest BCUT2D eigenvalue weighted by molar-refractivity contribution is 5.77. The zero-order valence-corrected chi connectivity index (χ0v) is 11.6. The Labute approximate surface area is 122 Å². The van der Waals surface area contributed by atoms with E-state index in [1.165, 1.54) is 0 Å². The molecule has 106 valence electrons. The first-order chi connectivity index (χ1) is 10.3. The summed E-state index contributed by atoms with van der Waals surface area (Å²) in [4.78, 5) is 21.3. The van der Waals surface area contributed by atoms with Crippen molar-refractivity contribution in [1.82, 2.24) is 14.5 Å². The molecule has 5 heteroatoms. The smallest absolute Gasteiger partial charge is 0.261 e. The molecule has 2 heterocycles. The molecule has 0 bridgehead atoms. The lowest BCUT2D eigenvalue weighted by Crippen LogP contribution is -2.27. The Kier molecular flexibility index (Phi) is 3.75. The molecule has 0 unspecified atom stereocenters. The van der Waals surface area contributed by atoms with Gasteiger partial charge in [-0.2, -0.15) is 0 Å². The van der Waals surface area contributed by atoms with Crippen LogP contribution in [0.15, 0.2) is 53.5 Å². The van der Waals surface area contributed by atoms with Gasteiger partial charge >= 0.3 is 0 Å². The number of para-hydroxylation sites is 1. The quantitative estimate of drug-likeness (QED) is 0.786. The highest BCUT2D eigenvalue weighted by atomic mass is 16.1. The van der Waals surface area contributed by atoms with Gasteiger partial charge in [-0.3, -0.25) is 14.3 Å². The second-order valence-electron chi connectivity index (χ2n) is 4.78. The molecule has 0 aliphatic carbocycles. The molecule has 0 saturated carbocycles. The standard InChI is InChI=1S/C16H16N4O/c17-11-15-19-14-7-2-1-6-13(14)16(21)20(15)10-8-12-5-3-4-9-18-12/h1-7,9H,8,10-11,17H2. The van der Waals surface area contributed by atoms with Crippen LogP contribution in [0.4, 0.5) is 0 Å². The fourth-order valence-corrected chi connectivity index (χ4v) is 2.37. The van der Waals surface area contributed by atoms with Crippen molar-refractivity contribution in [1.29, 1.82) is 0 Å². The van der Waals surface area contributed by atoms with Gasteiger partial charge in [0.2, 0.25) is 0 Å². The normalized spacial score (nSPS) is 10.9. The molecule has 1 aromatic carbocycles. The number of nitrogens with two attached hydrogens (primary N) is 1. The van der Waals surface area contributed by atoms with Gasteiger partial charge in [0.1, 0.15) is 5.82 Å². The summed E-state index contributed by atoms with van der Waals surface area (Å²) in [5.74, 6) is 0.606. The molecule has 0 fully saturated rings. The molecule has 3 rings (SSSR count). The number of pyridine rings is 1. The molecule has 0 atom stereocenters. The average molecular weight is 280 g/mol. The van der Waals surface area contributed by atoms with E-state index < -0.39 is 0 Å². The van der Waals surface area contributed by atoms with Crippen molar-refractivity contribution in [3.05, 3.63) is 70.5 Å². The minimum absolute atomic E-state index is 0.0445. The van der Waals surface area contributed by atoms with Gasteiger partial charge in [-0.1, -0.05) is 18.2 Å². The van der Waals surface area contributed by atoms with Gasteiger partial charge in [-0.15, -0.1) is 0 Å². The van der Waals surface area contributed by atoms with Crippen LogP contribution in [0.5, 0.6) is 0 Å². The van der Waals surface area contributed by atoms with Crippen molar-refractivity contribution in [2.45, 2.75) is 19.5 Å². The molecule has 5 nitrogen and oxygen atoms in total. The number of aryl methyl sites for hydroxylation is 1. The predicted molar refractivity (Wildman–Crippen MR) is 81.8 cm³/mol. The number of nitrogens with zero attached hydrogens (tertiary/aromatic N) is 3. The van der Waals surface area contributed by atoms with Crippen LogP contribution < -0.4 is 11.3 Å². The van der Waals surface area contributed by atoms with E-state index in [0.29, 0.717) is 29.7 Å². The monoisotopic (exact) mass is 280 g/mol. The maximum absolute atomic E-state index is 12.6. The topological polar surface area (TPSA) is 73.8 Å². The maximum Gasteiger partial charge on any atom is 0.261 e. The Morgan fingerprint density at radius 3 is 2.67 bits per heavy atom. The van der Waals surface area contributed by atoms with Gasteiger partial charge in [-0.25, -0.2) is 4.98 Å². The first-order valence-electron chi connectivity index (χ1n) is 6.88. The molecular formula is C16H16N4O. The van der Waals surface area contributed by atoms with Crippen LogP contribution in [0.3, 0.4) is 0 Å². The number of hydrogen-bond donors (Lipinski definition) is 1. The zero-order valence-electron chi connectivity index (χ0n) is 11.6. The molecule has 0 aliphatic heterocycles. The fourth-order valence-electron chi connectivity index (χ4n) is 2.37. The van der Waals surface area contributed by atoms with Crippen LogP contribution in [0, 0.1) is 0 Å². The Balaban J connectivity index is 2.01. The Morgan fingerprint density at radius 2 is 1.90 bits per heavy atom. The van der Waals surface area contributed by atoms with E-state index in [2.05, 4.69) is 9.97 Å². The van der Waals surface area contributed by atoms with Gasteiger partial charge < -0.3 is 5.73 Å². The third-order valence-electron chi connectivity index (χ3n) is 3.44. The fraction of sp³-hybridized carbons (Fsp3) is 0.188. The Morgan fingerprint density at radius 1 is 1.10 bits per heavy atom. The lowest BCUT2D eigenvalue weighted by molar-refractivity contribution is 0.611. The lowest BCUT2D eigenvalue weighted by Gasteiger charge is -2.12. The highest BCUT2D eigenvalue weighted by Crippen LogP contribution is 2.08. The predicted octanol–water partition coefficient (Wildman–Crippen LogP) is 1.49. The average Bonchev–Trinajstić information content (AvgIpc) is 2.55. The first kappa shape index (κ1) is 13.5. The van der Waals surface area contributed by atoms with E-state index in [0.717, 1.165) is 5.69 Å². The minimum Gasteiger partial charge on any atom is -0.324 e. The molecular weight excluding hydrogens is 264 g/mol. The number of aromatic nitrogens is 3. The van der Waals surface area contributed by atoms with Gasteiger partial charge in [-0.05, 0) is 24.3 Å². The van der Waals surface area contributed by atoms with E-state index in [9.17, 15) is 4.79 Å². The van der Waals surface area contributed by atoms with E-state index in [1.54, 1.807) is 16.8 Å². The first-order valence-corrected chi connectivity index (χ1v) is 6.88. The molecule has 0 saturated heterocycles. The molecule has 21 heavy (non-hydrogen) atoms. The maximum atomic E-state index is 12.6. The summed E-state index contributed by atoms with van der Waals surface area (Å²) in [7, 11) is 0. The summed E-state index contributed by atoms with van der Waals surface area (Å²) in [6.45, 7) is 0.766. The van der Waals surface area contributed by atoms with Crippen LogP contribution in [0.2, 0.25) is 0 Å². The molecule has 0 aliphatic rings. The summed E-state index contributed by atoms with van der Waals surface area (Å²) >= 11 is 0. The zero-order chi connectivity index (χ0) is 14.7. The van der Waals surface area contributed by atoms with Gasteiger partial charge in [0.15, 0.2) is 0 Å². The van der Waals surface area contributed by atoms with Gasteiger partial charge in [0.25, 0.3) is 5.56 Å². The summed E-state index contributed by atoms with van der Waals surface area (Å²) < 4.78 is 1.65. The van der Waals surface area contributed by atoms with Crippen LogP contribution in [0.25, 0.3) is 10.9 Å². The summed E-state index contributed by atoms with van der Waals surface area (Å²) in [6.07, 6.45) is 2.42. The largest absolute Gasteiger partial charge is 0.324 e. The number of rotatable bonds is 4. The van der Waals surface area contributed by atoms with Crippen molar-refractivity contribution in [2.24, 2.45) is 5.73 Å². The number of benzene rings is 1. The van der Waals surface area contributed by atoms with Gasteiger partial charge in [0, 0.05) is 24.9 Å². The molecule has 0 spiro atoms.